The highest BCUT2D eigenvalue weighted by molar-refractivity contribution is 7.07. The van der Waals surface area contributed by atoms with Crippen LogP contribution in [0.4, 0.5) is 21.9 Å². The molecule has 1 aliphatic rings. The molecule has 0 saturated carbocycles. The van der Waals surface area contributed by atoms with E-state index in [1.165, 1.54) is 0 Å². The molecule has 0 bridgehead atoms. The minimum absolute atomic E-state index is 0.0190. The molecule has 1 unspecified atom stereocenters. The van der Waals surface area contributed by atoms with Crippen LogP contribution in [0.3, 0.4) is 0 Å². The van der Waals surface area contributed by atoms with Gasteiger partial charge in [0, 0.05) is 18.1 Å². The second-order valence-corrected chi connectivity index (χ2v) is 7.24. The molecule has 2 heterocycles. The van der Waals surface area contributed by atoms with Gasteiger partial charge in [-0.15, -0.1) is 11.3 Å². The molecule has 27 heavy (non-hydrogen) atoms. The van der Waals surface area contributed by atoms with E-state index < -0.39 is 0 Å². The normalized spacial score (nSPS) is 16.0. The zero-order valence-corrected chi connectivity index (χ0v) is 16.0. The number of thiazole rings is 1. The molecular formula is C20H21N5OS. The van der Waals surface area contributed by atoms with E-state index in [-0.39, 0.29) is 18.2 Å². The van der Waals surface area contributed by atoms with Gasteiger partial charge < -0.3 is 20.9 Å². The van der Waals surface area contributed by atoms with Gasteiger partial charge in [-0.1, -0.05) is 30.3 Å². The third-order valence-electron chi connectivity index (χ3n) is 4.80. The van der Waals surface area contributed by atoms with Gasteiger partial charge in [-0.2, -0.15) is 0 Å². The van der Waals surface area contributed by atoms with E-state index >= 15 is 0 Å². The summed E-state index contributed by atoms with van der Waals surface area (Å²) in [4.78, 5) is 18.7. The molecule has 2 aromatic carbocycles. The number of hydrogen-bond acceptors (Lipinski definition) is 5. The molecule has 0 saturated heterocycles. The number of urea groups is 1. The summed E-state index contributed by atoms with van der Waals surface area (Å²) in [6, 6.07) is 15.6. The van der Waals surface area contributed by atoms with Gasteiger partial charge in [0.15, 0.2) is 0 Å². The van der Waals surface area contributed by atoms with Crippen LogP contribution in [0.2, 0.25) is 0 Å². The van der Waals surface area contributed by atoms with Gasteiger partial charge in [0.05, 0.1) is 28.6 Å². The maximum atomic E-state index is 12.6. The first-order valence-electron chi connectivity index (χ1n) is 8.76. The van der Waals surface area contributed by atoms with Gasteiger partial charge >= 0.3 is 6.03 Å². The lowest BCUT2D eigenvalue weighted by Gasteiger charge is -2.25. The Bertz CT molecular complexity index is 929. The molecule has 0 aliphatic carbocycles. The predicted octanol–water partition coefficient (Wildman–Crippen LogP) is 4.90. The quantitative estimate of drug-likeness (QED) is 0.603. The van der Waals surface area contributed by atoms with Crippen molar-refractivity contribution < 1.29 is 4.79 Å². The summed E-state index contributed by atoms with van der Waals surface area (Å²) in [5.74, 6) is 0. The zero-order valence-electron chi connectivity index (χ0n) is 15.1. The molecule has 2 atom stereocenters. The smallest absolute Gasteiger partial charge is 0.322 e. The first-order chi connectivity index (χ1) is 13.1. The Morgan fingerprint density at radius 1 is 1.19 bits per heavy atom. The van der Waals surface area contributed by atoms with Crippen molar-refractivity contribution in [1.29, 1.82) is 0 Å². The number of fused-ring (bicyclic) bond motifs is 1. The number of amides is 2. The van der Waals surface area contributed by atoms with E-state index in [1.807, 2.05) is 66.3 Å². The third kappa shape index (κ3) is 3.59. The highest BCUT2D eigenvalue weighted by Crippen LogP contribution is 2.37. The third-order valence-corrected chi connectivity index (χ3v) is 5.41. The number of nitrogens with one attached hydrogen (secondary N) is 3. The first-order valence-corrected chi connectivity index (χ1v) is 9.70. The van der Waals surface area contributed by atoms with Gasteiger partial charge in [0.1, 0.15) is 6.17 Å². The van der Waals surface area contributed by atoms with Crippen LogP contribution in [0.15, 0.2) is 59.4 Å². The molecule has 3 N–H and O–H groups in total. The van der Waals surface area contributed by atoms with E-state index in [1.54, 1.807) is 23.3 Å². The molecule has 6 nitrogen and oxygen atoms in total. The lowest BCUT2D eigenvalue weighted by Crippen LogP contribution is -2.33. The molecule has 7 heteroatoms. The average Bonchev–Trinajstić information content (AvgIpc) is 3.36. The topological polar surface area (TPSA) is 69.3 Å². The van der Waals surface area contributed by atoms with Crippen LogP contribution in [0, 0.1) is 0 Å². The summed E-state index contributed by atoms with van der Waals surface area (Å²) in [7, 11) is 1.80. The number of carbonyl (C=O) groups is 1. The van der Waals surface area contributed by atoms with Crippen molar-refractivity contribution >= 4 is 34.4 Å². The second-order valence-electron chi connectivity index (χ2n) is 6.52. The maximum Gasteiger partial charge on any atom is 0.322 e. The summed E-state index contributed by atoms with van der Waals surface area (Å²) >= 11 is 1.57. The minimum Gasteiger partial charge on any atom is -0.359 e. The SMILES string of the molecule is C[C@H](c1ccccc1)N(C)C(=O)Nc1ccc2c(c1)NC(c1cscn1)N2. The number of hydrogen-bond donors (Lipinski definition) is 3. The Balaban J connectivity index is 1.43. The standard InChI is InChI=1S/C20H21N5OS/c1-13(14-6-4-3-5-7-14)25(2)20(26)22-15-8-9-16-17(10-15)24-19(23-16)18-11-27-12-21-18/h3-13,19,23-24H,1-2H3,(H,22,26)/t13-,19?/m1/s1. The van der Waals surface area contributed by atoms with Gasteiger partial charge in [-0.3, -0.25) is 0 Å². The van der Waals surface area contributed by atoms with Crippen molar-refractivity contribution in [3.05, 3.63) is 70.7 Å². The van der Waals surface area contributed by atoms with Crippen LogP contribution in [-0.2, 0) is 0 Å². The fourth-order valence-electron chi connectivity index (χ4n) is 3.07. The van der Waals surface area contributed by atoms with Crippen LogP contribution in [0.25, 0.3) is 0 Å². The number of benzene rings is 2. The Morgan fingerprint density at radius 3 is 2.70 bits per heavy atom. The average molecular weight is 379 g/mol. The van der Waals surface area contributed by atoms with Crippen molar-refractivity contribution in [1.82, 2.24) is 9.88 Å². The number of rotatable bonds is 4. The lowest BCUT2D eigenvalue weighted by atomic mass is 10.1. The Kier molecular flexibility index (Phi) is 4.68. The summed E-state index contributed by atoms with van der Waals surface area (Å²) in [6.45, 7) is 2.02. The van der Waals surface area contributed by atoms with E-state index in [4.69, 9.17) is 0 Å². The van der Waals surface area contributed by atoms with Gasteiger partial charge in [-0.25, -0.2) is 9.78 Å². The molecule has 4 rings (SSSR count). The zero-order chi connectivity index (χ0) is 18.8. The van der Waals surface area contributed by atoms with E-state index in [2.05, 4.69) is 20.9 Å². The summed E-state index contributed by atoms with van der Waals surface area (Å²) in [5, 5.41) is 11.8. The fourth-order valence-corrected chi connectivity index (χ4v) is 3.65. The van der Waals surface area contributed by atoms with Gasteiger partial charge in [-0.05, 0) is 30.7 Å². The molecule has 138 valence electrons. The molecule has 3 aromatic rings. The minimum atomic E-state index is -0.145. The summed E-state index contributed by atoms with van der Waals surface area (Å²) in [6.07, 6.45) is -0.0435. The Hall–Kier alpha value is -3.06. The fraction of sp³-hybridized carbons (Fsp3) is 0.200. The van der Waals surface area contributed by atoms with Crippen molar-refractivity contribution in [2.24, 2.45) is 0 Å². The number of carbonyl (C=O) groups excluding carboxylic acids is 1. The number of anilines is 3. The Morgan fingerprint density at radius 2 is 1.96 bits per heavy atom. The van der Waals surface area contributed by atoms with Crippen molar-refractivity contribution in [2.45, 2.75) is 19.1 Å². The first kappa shape index (κ1) is 17.4. The largest absolute Gasteiger partial charge is 0.359 e. The highest BCUT2D eigenvalue weighted by atomic mass is 32.1. The van der Waals surface area contributed by atoms with Crippen molar-refractivity contribution in [2.75, 3.05) is 23.0 Å². The molecule has 0 fully saturated rings. The maximum absolute atomic E-state index is 12.6. The van der Waals surface area contributed by atoms with Crippen LogP contribution in [0.1, 0.15) is 30.4 Å². The van der Waals surface area contributed by atoms with E-state index in [0.717, 1.165) is 28.3 Å². The van der Waals surface area contributed by atoms with E-state index in [0.29, 0.717) is 0 Å². The van der Waals surface area contributed by atoms with Crippen LogP contribution in [0.5, 0.6) is 0 Å². The monoisotopic (exact) mass is 379 g/mol. The molecule has 2 amide bonds. The number of nitrogens with zero attached hydrogens (tertiary/aromatic N) is 2. The number of aromatic nitrogens is 1. The highest BCUT2D eigenvalue weighted by Gasteiger charge is 2.23. The van der Waals surface area contributed by atoms with Crippen LogP contribution in [-0.4, -0.2) is 23.0 Å². The van der Waals surface area contributed by atoms with Crippen molar-refractivity contribution in [3.63, 3.8) is 0 Å². The lowest BCUT2D eigenvalue weighted by molar-refractivity contribution is 0.208. The molecular weight excluding hydrogens is 358 g/mol. The van der Waals surface area contributed by atoms with Gasteiger partial charge in [0.2, 0.25) is 0 Å². The van der Waals surface area contributed by atoms with E-state index in [9.17, 15) is 4.79 Å². The van der Waals surface area contributed by atoms with Crippen molar-refractivity contribution in [3.8, 4) is 0 Å². The van der Waals surface area contributed by atoms with Gasteiger partial charge in [0.25, 0.3) is 0 Å². The molecule has 0 spiro atoms. The molecule has 1 aliphatic heterocycles. The summed E-state index contributed by atoms with van der Waals surface area (Å²) < 4.78 is 0. The molecule has 0 radical (unpaired) electrons. The Labute approximate surface area is 162 Å². The second kappa shape index (κ2) is 7.28. The van der Waals surface area contributed by atoms with Crippen LogP contribution < -0.4 is 16.0 Å². The summed E-state index contributed by atoms with van der Waals surface area (Å²) in [5.41, 5.74) is 6.57. The van der Waals surface area contributed by atoms with Crippen LogP contribution >= 0.6 is 11.3 Å². The predicted molar refractivity (Wildman–Crippen MR) is 110 cm³/mol. The molecule has 1 aromatic heterocycles.